The van der Waals surface area contributed by atoms with Crippen LogP contribution >= 0.6 is 0 Å². The molecular weight excluding hydrogens is 152 g/mol. The fourth-order valence-electron chi connectivity index (χ4n) is 0.516. The molecule has 68 valence electrons. The molecule has 0 heterocycles. The van der Waals surface area contributed by atoms with Gasteiger partial charge in [0.2, 0.25) is 0 Å². The first-order valence-corrected chi connectivity index (χ1v) is 3.30. The van der Waals surface area contributed by atoms with Crippen LogP contribution in [-0.2, 0) is 9.68 Å². The first kappa shape index (κ1) is 10.8. The highest BCUT2D eigenvalue weighted by molar-refractivity contribution is 4.36. The maximum absolute atomic E-state index is 8.31. The topological polar surface area (TPSA) is 88.2 Å². The first-order valence-electron chi connectivity index (χ1n) is 3.30. The van der Waals surface area contributed by atoms with Gasteiger partial charge in [-0.2, -0.15) is 0 Å². The average Bonchev–Trinajstić information content (AvgIpc) is 2.01. The average molecular weight is 166 g/mol. The van der Waals surface area contributed by atoms with Crippen molar-refractivity contribution in [1.82, 2.24) is 5.23 Å². The van der Waals surface area contributed by atoms with Crippen molar-refractivity contribution in [3.05, 3.63) is 0 Å². The Morgan fingerprint density at radius 3 is 2.09 bits per heavy atom. The normalized spacial score (nSPS) is 10.9. The minimum Gasteiger partial charge on any atom is -0.369 e. The van der Waals surface area contributed by atoms with E-state index in [1.54, 1.807) is 0 Å². The molecule has 0 saturated heterocycles. The lowest BCUT2D eigenvalue weighted by Crippen LogP contribution is -2.28. The number of aliphatic hydroxyl groups is 2. The molecule has 0 spiro atoms. The third-order valence-corrected chi connectivity index (χ3v) is 0.948. The molecule has 0 aromatic carbocycles. The van der Waals surface area contributed by atoms with Gasteiger partial charge in [0.1, 0.15) is 0 Å². The molecule has 0 aromatic rings. The van der Waals surface area contributed by atoms with Crippen molar-refractivity contribution in [2.75, 3.05) is 26.7 Å². The fourth-order valence-corrected chi connectivity index (χ4v) is 0.516. The maximum Gasteiger partial charge on any atom is 0.166 e. The van der Waals surface area contributed by atoms with Crippen LogP contribution in [-0.4, -0.2) is 42.1 Å². The van der Waals surface area contributed by atoms with E-state index >= 15 is 0 Å². The van der Waals surface area contributed by atoms with Crippen molar-refractivity contribution in [1.29, 1.82) is 0 Å². The van der Waals surface area contributed by atoms with Gasteiger partial charge < -0.3 is 15.9 Å². The molecule has 0 aromatic heterocycles. The molecule has 0 saturated carbocycles. The number of rotatable bonds is 7. The minimum absolute atomic E-state index is 0.414. The van der Waals surface area contributed by atoms with Crippen LogP contribution in [0.15, 0.2) is 0 Å². The van der Waals surface area contributed by atoms with Gasteiger partial charge in [-0.05, 0) is 13.0 Å². The second kappa shape index (κ2) is 7.86. The van der Waals surface area contributed by atoms with Gasteiger partial charge in [0.05, 0.1) is 6.54 Å². The zero-order valence-corrected chi connectivity index (χ0v) is 6.27. The number of hydrogen-bond donors (Lipinski definition) is 3. The van der Waals surface area contributed by atoms with Crippen LogP contribution in [0.3, 0.4) is 0 Å². The van der Waals surface area contributed by atoms with Gasteiger partial charge >= 0.3 is 0 Å². The van der Waals surface area contributed by atoms with Gasteiger partial charge in [0, 0.05) is 0 Å². The van der Waals surface area contributed by atoms with Crippen LogP contribution in [0.5, 0.6) is 0 Å². The van der Waals surface area contributed by atoms with E-state index in [2.05, 4.69) is 9.68 Å². The summed E-state index contributed by atoms with van der Waals surface area (Å²) in [6.45, 7) is -0.0488. The van der Waals surface area contributed by atoms with E-state index in [0.717, 1.165) is 5.23 Å². The lowest BCUT2D eigenvalue weighted by atomic mass is 10.4. The summed E-state index contributed by atoms with van der Waals surface area (Å²) in [5.74, 6) is 0. The van der Waals surface area contributed by atoms with Crippen molar-refractivity contribution >= 4 is 0 Å². The molecule has 0 aliphatic heterocycles. The van der Waals surface area contributed by atoms with E-state index in [1.807, 2.05) is 0 Å². The van der Waals surface area contributed by atoms with Crippen LogP contribution < -0.4 is 5.73 Å². The summed E-state index contributed by atoms with van der Waals surface area (Å²) in [5.41, 5.74) is 5.21. The predicted octanol–water partition coefficient (Wildman–Crippen LogP) is -1.60. The van der Waals surface area contributed by atoms with E-state index in [4.69, 9.17) is 15.9 Å². The Bertz CT molecular complexity index is 76.9. The van der Waals surface area contributed by atoms with Crippen LogP contribution in [0.1, 0.15) is 6.42 Å². The summed E-state index contributed by atoms with van der Waals surface area (Å²) in [4.78, 5) is 9.07. The quantitative estimate of drug-likeness (QED) is 0.312. The first-order chi connectivity index (χ1) is 5.35. The van der Waals surface area contributed by atoms with Gasteiger partial charge in [-0.15, -0.1) is 0 Å². The van der Waals surface area contributed by atoms with Gasteiger partial charge in [-0.3, -0.25) is 0 Å². The van der Waals surface area contributed by atoms with Gasteiger partial charge in [0.15, 0.2) is 13.6 Å². The molecule has 6 nitrogen and oxygen atoms in total. The second-order valence-electron chi connectivity index (χ2n) is 1.71. The number of hydroxylamine groups is 2. The third-order valence-electron chi connectivity index (χ3n) is 0.948. The molecule has 6 heteroatoms. The largest absolute Gasteiger partial charge is 0.369 e. The Morgan fingerprint density at radius 1 is 1.18 bits per heavy atom. The van der Waals surface area contributed by atoms with Crippen LogP contribution in [0.4, 0.5) is 0 Å². The highest BCUT2D eigenvalue weighted by atomic mass is 17.0. The number of nitrogens with zero attached hydrogens (tertiary/aromatic N) is 1. The van der Waals surface area contributed by atoms with Gasteiger partial charge in [0.25, 0.3) is 0 Å². The Balaban J connectivity index is 3.34. The standard InChI is InChI=1S/C5H14N2O4/c6-2-1-3-7(10-4-8)11-5-9/h8-9H,1-6H2. The highest BCUT2D eigenvalue weighted by Gasteiger charge is 2.02. The number of nitrogens with two attached hydrogens (primary N) is 1. The molecule has 0 fully saturated rings. The molecule has 4 N–H and O–H groups in total. The van der Waals surface area contributed by atoms with Crippen molar-refractivity contribution in [2.45, 2.75) is 6.42 Å². The Morgan fingerprint density at radius 2 is 1.73 bits per heavy atom. The molecule has 0 amide bonds. The number of aliphatic hydroxyl groups excluding tert-OH is 2. The van der Waals surface area contributed by atoms with Crippen molar-refractivity contribution < 1.29 is 19.9 Å². The van der Waals surface area contributed by atoms with E-state index < -0.39 is 13.6 Å². The Labute approximate surface area is 65.0 Å². The monoisotopic (exact) mass is 166 g/mol. The summed E-state index contributed by atoms with van der Waals surface area (Å²) < 4.78 is 0. The molecule has 0 aliphatic rings. The van der Waals surface area contributed by atoms with E-state index in [9.17, 15) is 0 Å². The predicted molar refractivity (Wildman–Crippen MR) is 36.7 cm³/mol. The SMILES string of the molecule is NCCCN(OCO)OCO. The van der Waals surface area contributed by atoms with E-state index in [1.165, 1.54) is 0 Å². The van der Waals surface area contributed by atoms with Crippen LogP contribution in [0.2, 0.25) is 0 Å². The lowest BCUT2D eigenvalue weighted by molar-refractivity contribution is -0.403. The fraction of sp³-hybridized carbons (Fsp3) is 1.00. The molecule has 0 rings (SSSR count). The van der Waals surface area contributed by atoms with Crippen molar-refractivity contribution in [3.63, 3.8) is 0 Å². The number of hydrogen-bond acceptors (Lipinski definition) is 6. The second-order valence-corrected chi connectivity index (χ2v) is 1.71. The maximum atomic E-state index is 8.31. The summed E-state index contributed by atoms with van der Waals surface area (Å²) in [6, 6.07) is 0. The highest BCUT2D eigenvalue weighted by Crippen LogP contribution is 1.92. The lowest BCUT2D eigenvalue weighted by Gasteiger charge is -2.17. The Kier molecular flexibility index (Phi) is 7.69. The minimum atomic E-state index is -0.482. The molecule has 0 unspecified atom stereocenters. The summed E-state index contributed by atoms with van der Waals surface area (Å²) >= 11 is 0. The summed E-state index contributed by atoms with van der Waals surface area (Å²) in [5, 5.41) is 17.6. The zero-order chi connectivity index (χ0) is 8.53. The molecule has 0 bridgehead atoms. The van der Waals surface area contributed by atoms with Crippen molar-refractivity contribution in [3.8, 4) is 0 Å². The Hall–Kier alpha value is -0.240. The molecule has 0 radical (unpaired) electrons. The third kappa shape index (κ3) is 6.17. The van der Waals surface area contributed by atoms with Gasteiger partial charge in [-0.1, -0.05) is 5.23 Å². The molecule has 0 atom stereocenters. The van der Waals surface area contributed by atoms with Crippen LogP contribution in [0, 0.1) is 0 Å². The molecular formula is C5H14N2O4. The summed E-state index contributed by atoms with van der Waals surface area (Å²) in [6.07, 6.45) is 0.667. The van der Waals surface area contributed by atoms with Crippen LogP contribution in [0.25, 0.3) is 0 Å². The summed E-state index contributed by atoms with van der Waals surface area (Å²) in [7, 11) is 0. The molecule has 0 aliphatic carbocycles. The van der Waals surface area contributed by atoms with E-state index in [-0.39, 0.29) is 0 Å². The zero-order valence-electron chi connectivity index (χ0n) is 6.27. The van der Waals surface area contributed by atoms with E-state index in [0.29, 0.717) is 19.5 Å². The van der Waals surface area contributed by atoms with Gasteiger partial charge in [-0.25, -0.2) is 9.68 Å². The molecule has 11 heavy (non-hydrogen) atoms. The van der Waals surface area contributed by atoms with Crippen molar-refractivity contribution in [2.24, 2.45) is 5.73 Å². The smallest absolute Gasteiger partial charge is 0.166 e.